The van der Waals surface area contributed by atoms with Crippen LogP contribution in [0.4, 0.5) is 0 Å². The molecule has 120 valence electrons. The predicted molar refractivity (Wildman–Crippen MR) is 86.3 cm³/mol. The first-order chi connectivity index (χ1) is 10.1. The van der Waals surface area contributed by atoms with Crippen molar-refractivity contribution in [2.45, 2.75) is 52.0 Å². The van der Waals surface area contributed by atoms with E-state index in [0.717, 1.165) is 44.9 Å². The first-order valence-electron chi connectivity index (χ1n) is 8.36. The van der Waals surface area contributed by atoms with Crippen molar-refractivity contribution in [1.29, 1.82) is 0 Å². The number of carbonyl (C=O) groups is 1. The molecule has 2 fully saturated rings. The van der Waals surface area contributed by atoms with Gasteiger partial charge in [-0.3, -0.25) is 9.79 Å². The summed E-state index contributed by atoms with van der Waals surface area (Å²) in [5.74, 6) is 2.11. The Kier molecular flexibility index (Phi) is 5.88. The maximum atomic E-state index is 12.4. The van der Waals surface area contributed by atoms with Gasteiger partial charge in [0.2, 0.25) is 5.91 Å². The van der Waals surface area contributed by atoms with Crippen LogP contribution >= 0.6 is 0 Å². The van der Waals surface area contributed by atoms with Crippen LogP contribution in [0.5, 0.6) is 0 Å². The lowest BCUT2D eigenvalue weighted by molar-refractivity contribution is -0.134. The van der Waals surface area contributed by atoms with Gasteiger partial charge in [0.15, 0.2) is 5.96 Å². The molecule has 0 aromatic heterocycles. The van der Waals surface area contributed by atoms with Crippen LogP contribution in [-0.4, -0.2) is 49.5 Å². The highest BCUT2D eigenvalue weighted by Crippen LogP contribution is 2.27. The number of aliphatic imine (C=N–C) groups is 1. The zero-order valence-electron chi connectivity index (χ0n) is 13.7. The summed E-state index contributed by atoms with van der Waals surface area (Å²) in [6, 6.07) is 0.328. The molecule has 1 atom stereocenters. The van der Waals surface area contributed by atoms with Gasteiger partial charge in [0.25, 0.3) is 0 Å². The Labute approximate surface area is 128 Å². The topological polar surface area (TPSA) is 56.7 Å². The van der Waals surface area contributed by atoms with E-state index < -0.39 is 0 Å². The van der Waals surface area contributed by atoms with Crippen LogP contribution in [-0.2, 0) is 4.79 Å². The minimum absolute atomic E-state index is 0.294. The molecule has 1 saturated heterocycles. The molecular weight excluding hydrogens is 264 g/mol. The molecule has 5 nitrogen and oxygen atoms in total. The zero-order chi connectivity index (χ0) is 15.2. The van der Waals surface area contributed by atoms with Crippen LogP contribution in [0.1, 0.15) is 46.0 Å². The van der Waals surface area contributed by atoms with Crippen LogP contribution in [0.15, 0.2) is 4.99 Å². The molecule has 1 aliphatic carbocycles. The highest BCUT2D eigenvalue weighted by Gasteiger charge is 2.32. The van der Waals surface area contributed by atoms with E-state index in [4.69, 9.17) is 0 Å². The van der Waals surface area contributed by atoms with Gasteiger partial charge in [-0.25, -0.2) is 0 Å². The van der Waals surface area contributed by atoms with Crippen molar-refractivity contribution < 1.29 is 4.79 Å². The lowest BCUT2D eigenvalue weighted by Gasteiger charge is -2.21. The Hall–Kier alpha value is -1.26. The Bertz CT molecular complexity index is 374. The molecule has 0 aromatic rings. The van der Waals surface area contributed by atoms with Crippen molar-refractivity contribution in [2.24, 2.45) is 16.8 Å². The Morgan fingerprint density at radius 1 is 1.29 bits per heavy atom. The third-order valence-electron chi connectivity index (χ3n) is 4.45. The number of rotatable bonds is 4. The fourth-order valence-electron chi connectivity index (χ4n) is 3.20. The van der Waals surface area contributed by atoms with E-state index >= 15 is 0 Å². The lowest BCUT2D eigenvalue weighted by atomic mass is 10.1. The summed E-state index contributed by atoms with van der Waals surface area (Å²) in [5, 5.41) is 6.77. The molecule has 2 aliphatic rings. The molecule has 0 spiro atoms. The number of carbonyl (C=O) groups excluding carboxylic acids is 1. The second-order valence-electron chi connectivity index (χ2n) is 6.74. The number of likely N-dealkylation sites (tertiary alicyclic amines) is 1. The van der Waals surface area contributed by atoms with Crippen LogP contribution < -0.4 is 10.6 Å². The van der Waals surface area contributed by atoms with Gasteiger partial charge in [-0.2, -0.15) is 0 Å². The minimum Gasteiger partial charge on any atom is -0.356 e. The van der Waals surface area contributed by atoms with Crippen molar-refractivity contribution in [3.8, 4) is 0 Å². The molecule has 0 bridgehead atoms. The van der Waals surface area contributed by atoms with Crippen LogP contribution in [0, 0.1) is 11.8 Å². The second-order valence-corrected chi connectivity index (χ2v) is 6.74. The summed E-state index contributed by atoms with van der Waals surface area (Å²) >= 11 is 0. The third-order valence-corrected chi connectivity index (χ3v) is 4.45. The van der Waals surface area contributed by atoms with Gasteiger partial charge in [-0.1, -0.05) is 26.7 Å². The summed E-state index contributed by atoms with van der Waals surface area (Å²) in [6.07, 6.45) is 5.63. The Balaban J connectivity index is 1.77. The van der Waals surface area contributed by atoms with Gasteiger partial charge < -0.3 is 15.5 Å². The number of nitrogens with zero attached hydrogens (tertiary/aromatic N) is 2. The van der Waals surface area contributed by atoms with Gasteiger partial charge in [-0.15, -0.1) is 0 Å². The van der Waals surface area contributed by atoms with Crippen LogP contribution in [0.2, 0.25) is 0 Å². The molecular formula is C16H30N4O. The monoisotopic (exact) mass is 294 g/mol. The van der Waals surface area contributed by atoms with Crippen molar-refractivity contribution in [3.05, 3.63) is 0 Å². The molecule has 2 N–H and O–H groups in total. The largest absolute Gasteiger partial charge is 0.356 e. The first kappa shape index (κ1) is 16.1. The van der Waals surface area contributed by atoms with Crippen molar-refractivity contribution in [3.63, 3.8) is 0 Å². The summed E-state index contributed by atoms with van der Waals surface area (Å²) in [5.41, 5.74) is 0. The molecule has 0 radical (unpaired) electrons. The minimum atomic E-state index is 0.294. The van der Waals surface area contributed by atoms with E-state index in [1.54, 1.807) is 7.05 Å². The number of hydrogen-bond acceptors (Lipinski definition) is 2. The van der Waals surface area contributed by atoms with Gasteiger partial charge in [0.05, 0.1) is 0 Å². The molecule has 1 aliphatic heterocycles. The molecule has 1 unspecified atom stereocenters. The van der Waals surface area contributed by atoms with E-state index in [-0.39, 0.29) is 0 Å². The fraction of sp³-hybridized carbons (Fsp3) is 0.875. The summed E-state index contributed by atoms with van der Waals surface area (Å²) < 4.78 is 0. The van der Waals surface area contributed by atoms with Crippen molar-refractivity contribution in [2.75, 3.05) is 26.7 Å². The summed E-state index contributed by atoms with van der Waals surface area (Å²) in [4.78, 5) is 18.7. The fourth-order valence-corrected chi connectivity index (χ4v) is 3.20. The molecule has 0 aromatic carbocycles. The van der Waals surface area contributed by atoms with Crippen molar-refractivity contribution >= 4 is 11.9 Å². The highest BCUT2D eigenvalue weighted by atomic mass is 16.2. The number of hydrogen-bond donors (Lipinski definition) is 2. The smallest absolute Gasteiger partial charge is 0.225 e. The number of guanidine groups is 1. The Morgan fingerprint density at radius 3 is 2.62 bits per heavy atom. The maximum absolute atomic E-state index is 12.4. The van der Waals surface area contributed by atoms with E-state index in [1.807, 2.05) is 4.90 Å². The van der Waals surface area contributed by atoms with E-state index in [1.165, 1.54) is 12.8 Å². The molecule has 2 rings (SSSR count). The first-order valence-corrected chi connectivity index (χ1v) is 8.36. The molecule has 1 amide bonds. The number of nitrogens with one attached hydrogen (secondary N) is 2. The molecule has 1 heterocycles. The normalized spacial score (nSPS) is 23.9. The molecule has 5 heteroatoms. The average molecular weight is 294 g/mol. The van der Waals surface area contributed by atoms with Gasteiger partial charge >= 0.3 is 0 Å². The quantitative estimate of drug-likeness (QED) is 0.611. The molecule has 21 heavy (non-hydrogen) atoms. The molecule has 1 saturated carbocycles. The number of amides is 1. The standard InChI is InChI=1S/C16H30N4O/c1-12(2)10-18-16(17-3)19-14-8-9-20(11-14)15(21)13-6-4-5-7-13/h12-14H,4-11H2,1-3H3,(H2,17,18,19). The second kappa shape index (κ2) is 7.66. The van der Waals surface area contributed by atoms with Crippen LogP contribution in [0.25, 0.3) is 0 Å². The van der Waals surface area contributed by atoms with Crippen molar-refractivity contribution in [1.82, 2.24) is 15.5 Å². The third kappa shape index (κ3) is 4.61. The van der Waals surface area contributed by atoms with Gasteiger partial charge in [-0.05, 0) is 25.2 Å². The average Bonchev–Trinajstić information content (AvgIpc) is 3.13. The van der Waals surface area contributed by atoms with E-state index in [0.29, 0.717) is 23.8 Å². The zero-order valence-corrected chi connectivity index (χ0v) is 13.7. The maximum Gasteiger partial charge on any atom is 0.225 e. The summed E-state index contributed by atoms with van der Waals surface area (Å²) in [6.45, 7) is 6.97. The lowest BCUT2D eigenvalue weighted by Crippen LogP contribution is -2.46. The van der Waals surface area contributed by atoms with Crippen LogP contribution in [0.3, 0.4) is 0 Å². The Morgan fingerprint density at radius 2 is 2.00 bits per heavy atom. The summed E-state index contributed by atoms with van der Waals surface area (Å²) in [7, 11) is 1.80. The SMILES string of the molecule is CN=C(NCC(C)C)NC1CCN(C(=O)C2CCCC2)C1. The predicted octanol–water partition coefficient (Wildman–Crippen LogP) is 1.60. The van der Waals surface area contributed by atoms with Gasteiger partial charge in [0, 0.05) is 38.6 Å². The highest BCUT2D eigenvalue weighted by molar-refractivity contribution is 5.81. The van der Waals surface area contributed by atoms with Gasteiger partial charge in [0.1, 0.15) is 0 Å². The van der Waals surface area contributed by atoms with E-state index in [9.17, 15) is 4.79 Å². The van der Waals surface area contributed by atoms with E-state index in [2.05, 4.69) is 29.5 Å².